The number of aromatic nitrogens is 1. The molecule has 270 valence electrons. The van der Waals surface area contributed by atoms with E-state index >= 15 is 0 Å². The summed E-state index contributed by atoms with van der Waals surface area (Å²) in [5.74, 6) is -1.10. The number of unbranched alkanes of at least 4 members (excludes halogenated alkanes) is 4. The number of aromatic amines is 1. The molecule has 0 bridgehead atoms. The fraction of sp³-hybridized carbons (Fsp3) is 0.632. The lowest BCUT2D eigenvalue weighted by Gasteiger charge is -2.25. The van der Waals surface area contributed by atoms with E-state index in [1.807, 2.05) is 58.2 Å². The van der Waals surface area contributed by atoms with E-state index in [1.54, 1.807) is 0 Å². The maximum absolute atomic E-state index is 14.0. The fourth-order valence-electron chi connectivity index (χ4n) is 6.40. The van der Waals surface area contributed by atoms with Gasteiger partial charge in [0.05, 0.1) is 0 Å². The lowest BCUT2D eigenvalue weighted by molar-refractivity contribution is -0.133. The standard InChI is InChI=1S/C38H57N5O6/c1-5-28(44)15-9-7-11-19-32-36(47)42-33(20-12-8-10-16-29(45)6-2)37(48)43-34(22-26-24-39-31-18-14-13-17-30(26)31)38(49)40-27(21-25(3)4)23-35(46)41-32/h13-14,17-18,24-25,27,32-34,39H,5-12,15-16,19-23H2,1-4H3,(H,40,49)(H,41,46)(H,42,47)(H,43,48)/t27-,32-,33-,34-/m0/s1. The van der Waals surface area contributed by atoms with E-state index in [-0.39, 0.29) is 36.2 Å². The predicted molar refractivity (Wildman–Crippen MR) is 191 cm³/mol. The maximum Gasteiger partial charge on any atom is 0.243 e. The van der Waals surface area contributed by atoms with Gasteiger partial charge in [-0.05, 0) is 49.7 Å². The van der Waals surface area contributed by atoms with Crippen molar-refractivity contribution in [3.8, 4) is 0 Å². The first kappa shape index (κ1) is 39.4. The number of nitrogens with one attached hydrogen (secondary N) is 5. The van der Waals surface area contributed by atoms with Crippen molar-refractivity contribution < 1.29 is 28.8 Å². The van der Waals surface area contributed by atoms with Crippen molar-refractivity contribution in [3.05, 3.63) is 36.0 Å². The molecule has 1 aromatic carbocycles. The van der Waals surface area contributed by atoms with Gasteiger partial charge in [0.2, 0.25) is 23.6 Å². The number of H-pyrrole nitrogens is 1. The van der Waals surface area contributed by atoms with Crippen LogP contribution in [-0.4, -0.2) is 64.3 Å². The van der Waals surface area contributed by atoms with Crippen LogP contribution in [0, 0.1) is 5.92 Å². The van der Waals surface area contributed by atoms with Crippen molar-refractivity contribution in [3.63, 3.8) is 0 Å². The van der Waals surface area contributed by atoms with Crippen LogP contribution in [0.15, 0.2) is 30.5 Å². The van der Waals surface area contributed by atoms with E-state index in [2.05, 4.69) is 26.3 Å². The highest BCUT2D eigenvalue weighted by Gasteiger charge is 2.32. The van der Waals surface area contributed by atoms with Crippen LogP contribution in [0.25, 0.3) is 10.9 Å². The zero-order valence-electron chi connectivity index (χ0n) is 29.8. The third-order valence-electron chi connectivity index (χ3n) is 9.24. The smallest absolute Gasteiger partial charge is 0.243 e. The highest BCUT2D eigenvalue weighted by atomic mass is 16.2. The lowest BCUT2D eigenvalue weighted by atomic mass is 9.98. The lowest BCUT2D eigenvalue weighted by Crippen LogP contribution is -2.56. The van der Waals surface area contributed by atoms with Gasteiger partial charge < -0.3 is 26.3 Å². The summed E-state index contributed by atoms with van der Waals surface area (Å²) in [5.41, 5.74) is 1.78. The molecule has 1 saturated heterocycles. The fourth-order valence-corrected chi connectivity index (χ4v) is 6.40. The van der Waals surface area contributed by atoms with Crippen molar-refractivity contribution >= 4 is 46.1 Å². The molecule has 11 heteroatoms. The molecule has 49 heavy (non-hydrogen) atoms. The largest absolute Gasteiger partial charge is 0.361 e. The average Bonchev–Trinajstić information content (AvgIpc) is 3.47. The summed E-state index contributed by atoms with van der Waals surface area (Å²) >= 11 is 0. The van der Waals surface area contributed by atoms with Crippen molar-refractivity contribution in [1.29, 1.82) is 0 Å². The molecule has 3 rings (SSSR count). The van der Waals surface area contributed by atoms with Gasteiger partial charge >= 0.3 is 0 Å². The Morgan fingerprint density at radius 2 is 1.27 bits per heavy atom. The molecule has 2 heterocycles. The van der Waals surface area contributed by atoms with E-state index in [1.165, 1.54) is 0 Å². The van der Waals surface area contributed by atoms with Crippen molar-refractivity contribution in [2.45, 2.75) is 148 Å². The Morgan fingerprint density at radius 1 is 0.714 bits per heavy atom. The highest BCUT2D eigenvalue weighted by Crippen LogP contribution is 2.20. The van der Waals surface area contributed by atoms with E-state index in [0.717, 1.165) is 22.9 Å². The molecular weight excluding hydrogens is 622 g/mol. The quantitative estimate of drug-likeness (QED) is 0.140. The maximum atomic E-state index is 14.0. The van der Waals surface area contributed by atoms with Gasteiger partial charge in [-0.3, -0.25) is 28.8 Å². The summed E-state index contributed by atoms with van der Waals surface area (Å²) in [6, 6.07) is 4.48. The molecule has 4 amide bonds. The Balaban J connectivity index is 1.87. The zero-order chi connectivity index (χ0) is 35.8. The monoisotopic (exact) mass is 679 g/mol. The minimum Gasteiger partial charge on any atom is -0.361 e. The van der Waals surface area contributed by atoms with E-state index in [4.69, 9.17) is 0 Å². The number of hydrogen-bond acceptors (Lipinski definition) is 6. The number of benzene rings is 1. The van der Waals surface area contributed by atoms with Gasteiger partial charge in [-0.25, -0.2) is 0 Å². The van der Waals surface area contributed by atoms with Gasteiger partial charge in [0.15, 0.2) is 0 Å². The summed E-state index contributed by atoms with van der Waals surface area (Å²) in [7, 11) is 0. The number of para-hydroxylation sites is 1. The number of Topliss-reactive ketones (excluding diaryl/α,β-unsaturated/α-hetero) is 2. The Hall–Kier alpha value is -4.02. The van der Waals surface area contributed by atoms with Crippen LogP contribution in [0.1, 0.15) is 123 Å². The molecule has 1 fully saturated rings. The van der Waals surface area contributed by atoms with Crippen LogP contribution < -0.4 is 21.3 Å². The summed E-state index contributed by atoms with van der Waals surface area (Å²) in [6.45, 7) is 7.70. The molecule has 0 radical (unpaired) electrons. The van der Waals surface area contributed by atoms with Gasteiger partial charge in [0.25, 0.3) is 0 Å². The number of fused-ring (bicyclic) bond motifs is 1. The molecule has 1 aliphatic heterocycles. The van der Waals surface area contributed by atoms with Gasteiger partial charge in [0.1, 0.15) is 29.7 Å². The number of ketones is 2. The molecule has 11 nitrogen and oxygen atoms in total. The molecule has 5 N–H and O–H groups in total. The first-order valence-electron chi connectivity index (χ1n) is 18.3. The molecule has 2 aromatic rings. The second kappa shape index (κ2) is 20.5. The minimum absolute atomic E-state index is 0.00758. The summed E-state index contributed by atoms with van der Waals surface area (Å²) in [4.78, 5) is 81.8. The number of rotatable bonds is 18. The Labute approximate surface area is 290 Å². The predicted octanol–water partition coefficient (Wildman–Crippen LogP) is 4.96. The van der Waals surface area contributed by atoms with Crippen LogP contribution in [-0.2, 0) is 35.2 Å². The van der Waals surface area contributed by atoms with Gasteiger partial charge in [-0.15, -0.1) is 0 Å². The Morgan fingerprint density at radius 3 is 1.86 bits per heavy atom. The SMILES string of the molecule is CCC(=O)CCCCC[C@@H]1NC(=O)C[C@H](CC(C)C)NC(=O)[C@H](Cc2c[nH]c3ccccc23)NC(=O)[C@H](CCCCCC(=O)CC)NC1=O. The average molecular weight is 680 g/mol. The van der Waals surface area contributed by atoms with Crippen LogP contribution in [0.3, 0.4) is 0 Å². The topological polar surface area (TPSA) is 166 Å². The highest BCUT2D eigenvalue weighted by molar-refractivity contribution is 5.95. The third-order valence-corrected chi connectivity index (χ3v) is 9.24. The first-order chi connectivity index (χ1) is 23.5. The molecule has 0 spiro atoms. The van der Waals surface area contributed by atoms with Crippen molar-refractivity contribution in [1.82, 2.24) is 26.3 Å². The molecule has 0 saturated carbocycles. The normalized spacial score (nSPS) is 20.8. The second-order valence-corrected chi connectivity index (χ2v) is 13.8. The van der Waals surface area contributed by atoms with E-state index < -0.39 is 41.9 Å². The molecule has 1 aliphatic rings. The van der Waals surface area contributed by atoms with Gasteiger partial charge in [0, 0.05) is 61.7 Å². The van der Waals surface area contributed by atoms with Crippen molar-refractivity contribution in [2.75, 3.05) is 0 Å². The first-order valence-corrected chi connectivity index (χ1v) is 18.3. The minimum atomic E-state index is -0.951. The van der Waals surface area contributed by atoms with Crippen LogP contribution in [0.5, 0.6) is 0 Å². The van der Waals surface area contributed by atoms with Crippen LogP contribution in [0.4, 0.5) is 0 Å². The second-order valence-electron chi connectivity index (χ2n) is 13.8. The van der Waals surface area contributed by atoms with Crippen molar-refractivity contribution in [2.24, 2.45) is 5.92 Å². The number of amides is 4. The number of carbonyl (C=O) groups is 6. The van der Waals surface area contributed by atoms with Gasteiger partial charge in [-0.2, -0.15) is 0 Å². The summed E-state index contributed by atoms with van der Waals surface area (Å²) in [5, 5.41) is 12.7. The summed E-state index contributed by atoms with van der Waals surface area (Å²) in [6.07, 6.45) is 9.25. The van der Waals surface area contributed by atoms with E-state index in [0.29, 0.717) is 77.0 Å². The number of carbonyl (C=O) groups excluding carboxylic acids is 6. The molecule has 0 unspecified atom stereocenters. The Bertz CT molecular complexity index is 1420. The molecule has 4 atom stereocenters. The molecule has 1 aromatic heterocycles. The number of hydrogen-bond donors (Lipinski definition) is 5. The molecule has 0 aliphatic carbocycles. The summed E-state index contributed by atoms with van der Waals surface area (Å²) < 4.78 is 0. The Kier molecular flexibility index (Phi) is 16.5. The van der Waals surface area contributed by atoms with E-state index in [9.17, 15) is 28.8 Å². The zero-order valence-corrected chi connectivity index (χ0v) is 29.8. The van der Waals surface area contributed by atoms with Crippen LogP contribution >= 0.6 is 0 Å². The van der Waals surface area contributed by atoms with Crippen LogP contribution in [0.2, 0.25) is 0 Å². The molecular formula is C38H57N5O6. The third kappa shape index (κ3) is 13.4. The van der Waals surface area contributed by atoms with Gasteiger partial charge in [-0.1, -0.05) is 71.6 Å².